The standard InChI is InChI=1S/C15H14N2.C2H6/c1-2-17-14-11-7-6-10-13(14)16-15(17)12-8-4-3-5-9-12;1-2/h3-11H,2H2,1H3;1-2H3. The predicted octanol–water partition coefficient (Wildman–Crippen LogP) is 4.75. The summed E-state index contributed by atoms with van der Waals surface area (Å²) in [6, 6.07) is 18.6. The second kappa shape index (κ2) is 6.19. The van der Waals surface area contributed by atoms with Crippen LogP contribution in [0.2, 0.25) is 0 Å². The van der Waals surface area contributed by atoms with E-state index in [2.05, 4.69) is 54.0 Å². The molecular formula is C17H20N2. The van der Waals surface area contributed by atoms with Gasteiger partial charge in [0.2, 0.25) is 0 Å². The maximum Gasteiger partial charge on any atom is 0.141 e. The average Bonchev–Trinajstić information content (AvgIpc) is 2.88. The largest absolute Gasteiger partial charge is 0.324 e. The van der Waals surface area contributed by atoms with E-state index >= 15 is 0 Å². The molecule has 0 saturated carbocycles. The maximum atomic E-state index is 4.72. The number of hydrogen-bond acceptors (Lipinski definition) is 1. The number of benzene rings is 2. The van der Waals surface area contributed by atoms with Gasteiger partial charge in [0.1, 0.15) is 5.82 Å². The van der Waals surface area contributed by atoms with Crippen molar-refractivity contribution in [1.82, 2.24) is 9.55 Å². The molecule has 3 rings (SSSR count). The minimum Gasteiger partial charge on any atom is -0.324 e. The zero-order valence-corrected chi connectivity index (χ0v) is 11.8. The predicted molar refractivity (Wildman–Crippen MR) is 82.2 cm³/mol. The van der Waals surface area contributed by atoms with Crippen molar-refractivity contribution in [3.05, 3.63) is 54.6 Å². The fourth-order valence-corrected chi connectivity index (χ4v) is 2.20. The maximum absolute atomic E-state index is 4.72. The minimum atomic E-state index is 0.935. The molecule has 1 heterocycles. The van der Waals surface area contributed by atoms with Crippen LogP contribution < -0.4 is 0 Å². The van der Waals surface area contributed by atoms with Crippen molar-refractivity contribution in [2.24, 2.45) is 0 Å². The van der Waals surface area contributed by atoms with Gasteiger partial charge in [-0.3, -0.25) is 0 Å². The Hall–Kier alpha value is -2.09. The Bertz CT molecular complexity index is 639. The van der Waals surface area contributed by atoms with Gasteiger partial charge in [-0.2, -0.15) is 0 Å². The molecule has 0 amide bonds. The molecule has 0 N–H and O–H groups in total. The fourth-order valence-electron chi connectivity index (χ4n) is 2.20. The first-order valence-corrected chi connectivity index (χ1v) is 6.91. The quantitative estimate of drug-likeness (QED) is 0.643. The van der Waals surface area contributed by atoms with Crippen LogP contribution in [0.5, 0.6) is 0 Å². The van der Waals surface area contributed by atoms with E-state index < -0.39 is 0 Å². The molecule has 0 unspecified atom stereocenters. The van der Waals surface area contributed by atoms with E-state index in [0.29, 0.717) is 0 Å². The van der Waals surface area contributed by atoms with Crippen LogP contribution in [-0.4, -0.2) is 9.55 Å². The number of imidazole rings is 1. The molecule has 2 heteroatoms. The average molecular weight is 252 g/mol. The second-order valence-electron chi connectivity index (χ2n) is 4.03. The minimum absolute atomic E-state index is 0.935. The van der Waals surface area contributed by atoms with Crippen LogP contribution in [0.25, 0.3) is 22.4 Å². The van der Waals surface area contributed by atoms with Crippen LogP contribution in [0.1, 0.15) is 20.8 Å². The van der Waals surface area contributed by atoms with Crippen molar-refractivity contribution in [3.8, 4) is 11.4 Å². The van der Waals surface area contributed by atoms with Crippen LogP contribution in [0.15, 0.2) is 54.6 Å². The number of aryl methyl sites for hydroxylation is 1. The zero-order valence-electron chi connectivity index (χ0n) is 11.8. The van der Waals surface area contributed by atoms with Crippen molar-refractivity contribution >= 4 is 11.0 Å². The SMILES string of the molecule is CC.CCn1c(-c2ccccc2)nc2ccccc21. The highest BCUT2D eigenvalue weighted by Crippen LogP contribution is 2.24. The number of aromatic nitrogens is 2. The van der Waals surface area contributed by atoms with Crippen molar-refractivity contribution in [2.45, 2.75) is 27.3 Å². The summed E-state index contributed by atoms with van der Waals surface area (Å²) in [5.74, 6) is 1.05. The summed E-state index contributed by atoms with van der Waals surface area (Å²) < 4.78 is 2.25. The van der Waals surface area contributed by atoms with Gasteiger partial charge in [0.05, 0.1) is 11.0 Å². The monoisotopic (exact) mass is 252 g/mol. The first-order chi connectivity index (χ1) is 9.40. The molecule has 0 aliphatic rings. The molecule has 3 aromatic rings. The molecule has 2 nitrogen and oxygen atoms in total. The van der Waals surface area contributed by atoms with Gasteiger partial charge in [0.25, 0.3) is 0 Å². The van der Waals surface area contributed by atoms with E-state index in [0.717, 1.165) is 17.9 Å². The van der Waals surface area contributed by atoms with Gasteiger partial charge in [-0.15, -0.1) is 0 Å². The molecule has 0 aliphatic heterocycles. The summed E-state index contributed by atoms with van der Waals surface area (Å²) in [6.07, 6.45) is 0. The van der Waals surface area contributed by atoms with Crippen molar-refractivity contribution in [2.75, 3.05) is 0 Å². The number of nitrogens with zero attached hydrogens (tertiary/aromatic N) is 2. The van der Waals surface area contributed by atoms with E-state index in [4.69, 9.17) is 4.98 Å². The lowest BCUT2D eigenvalue weighted by Gasteiger charge is -2.05. The Balaban J connectivity index is 0.000000637. The second-order valence-corrected chi connectivity index (χ2v) is 4.03. The molecule has 0 atom stereocenters. The molecular weight excluding hydrogens is 232 g/mol. The fraction of sp³-hybridized carbons (Fsp3) is 0.235. The molecule has 0 radical (unpaired) electrons. The van der Waals surface area contributed by atoms with Gasteiger partial charge >= 0.3 is 0 Å². The van der Waals surface area contributed by atoms with E-state index in [-0.39, 0.29) is 0 Å². The highest BCUT2D eigenvalue weighted by molar-refractivity contribution is 5.80. The Labute approximate surface area is 114 Å². The molecule has 2 aromatic carbocycles. The third-order valence-corrected chi connectivity index (χ3v) is 3.00. The Morgan fingerprint density at radius 2 is 1.53 bits per heavy atom. The lowest BCUT2D eigenvalue weighted by atomic mass is 10.2. The summed E-state index contributed by atoms with van der Waals surface area (Å²) in [7, 11) is 0. The molecule has 0 spiro atoms. The van der Waals surface area contributed by atoms with Crippen LogP contribution in [0.4, 0.5) is 0 Å². The van der Waals surface area contributed by atoms with Crippen LogP contribution in [0.3, 0.4) is 0 Å². The third-order valence-electron chi connectivity index (χ3n) is 3.00. The number of para-hydroxylation sites is 2. The molecule has 98 valence electrons. The zero-order chi connectivity index (χ0) is 13.7. The van der Waals surface area contributed by atoms with E-state index in [1.807, 2.05) is 26.0 Å². The van der Waals surface area contributed by atoms with Gasteiger partial charge < -0.3 is 4.57 Å². The molecule has 1 aromatic heterocycles. The Morgan fingerprint density at radius 3 is 2.21 bits per heavy atom. The summed E-state index contributed by atoms with van der Waals surface area (Å²) in [4.78, 5) is 4.72. The molecule has 19 heavy (non-hydrogen) atoms. The third kappa shape index (κ3) is 2.53. The van der Waals surface area contributed by atoms with E-state index in [1.165, 1.54) is 11.1 Å². The number of hydrogen-bond donors (Lipinski definition) is 0. The Morgan fingerprint density at radius 1 is 0.895 bits per heavy atom. The van der Waals surface area contributed by atoms with Crippen molar-refractivity contribution in [3.63, 3.8) is 0 Å². The van der Waals surface area contributed by atoms with Gasteiger partial charge in [-0.1, -0.05) is 56.3 Å². The number of fused-ring (bicyclic) bond motifs is 1. The van der Waals surface area contributed by atoms with Gasteiger partial charge in [-0.05, 0) is 19.1 Å². The summed E-state index contributed by atoms with van der Waals surface area (Å²) in [6.45, 7) is 7.09. The van der Waals surface area contributed by atoms with Gasteiger partial charge in [0, 0.05) is 12.1 Å². The van der Waals surface area contributed by atoms with Crippen molar-refractivity contribution < 1.29 is 0 Å². The Kier molecular flexibility index (Phi) is 4.35. The lowest BCUT2D eigenvalue weighted by Crippen LogP contribution is -1.96. The van der Waals surface area contributed by atoms with Crippen LogP contribution in [0, 0.1) is 0 Å². The normalized spacial score (nSPS) is 10.1. The van der Waals surface area contributed by atoms with Gasteiger partial charge in [0.15, 0.2) is 0 Å². The van der Waals surface area contributed by atoms with E-state index in [9.17, 15) is 0 Å². The number of rotatable bonds is 2. The molecule has 0 aliphatic carbocycles. The topological polar surface area (TPSA) is 17.8 Å². The van der Waals surface area contributed by atoms with E-state index in [1.54, 1.807) is 0 Å². The van der Waals surface area contributed by atoms with Crippen LogP contribution in [-0.2, 0) is 6.54 Å². The lowest BCUT2D eigenvalue weighted by molar-refractivity contribution is 0.796. The molecule has 0 fully saturated rings. The summed E-state index contributed by atoms with van der Waals surface area (Å²) in [5, 5.41) is 0. The van der Waals surface area contributed by atoms with Crippen LogP contribution >= 0.6 is 0 Å². The highest BCUT2D eigenvalue weighted by atomic mass is 15.1. The smallest absolute Gasteiger partial charge is 0.141 e. The van der Waals surface area contributed by atoms with Gasteiger partial charge in [-0.25, -0.2) is 4.98 Å². The summed E-state index contributed by atoms with van der Waals surface area (Å²) in [5.41, 5.74) is 3.44. The first-order valence-electron chi connectivity index (χ1n) is 6.91. The summed E-state index contributed by atoms with van der Waals surface area (Å²) >= 11 is 0. The first kappa shape index (κ1) is 13.3. The highest BCUT2D eigenvalue weighted by Gasteiger charge is 2.09. The van der Waals surface area contributed by atoms with Crippen molar-refractivity contribution in [1.29, 1.82) is 0 Å². The molecule has 0 bridgehead atoms. The molecule has 0 saturated heterocycles.